The largest absolute Gasteiger partial charge is 0.486 e. The van der Waals surface area contributed by atoms with Crippen LogP contribution in [-0.2, 0) is 14.8 Å². The number of nitrogens with one attached hydrogen (secondary N) is 1. The maximum Gasteiger partial charge on any atom is 0.264 e. The fourth-order valence-electron chi connectivity index (χ4n) is 3.41. The molecule has 3 aromatic rings. The summed E-state index contributed by atoms with van der Waals surface area (Å²) in [4.78, 5) is 12.8. The van der Waals surface area contributed by atoms with Crippen LogP contribution in [-0.4, -0.2) is 40.3 Å². The molecule has 4 rings (SSSR count). The Morgan fingerprint density at radius 3 is 2.65 bits per heavy atom. The van der Waals surface area contributed by atoms with Gasteiger partial charge in [0.25, 0.3) is 15.9 Å². The summed E-state index contributed by atoms with van der Waals surface area (Å²) in [7, 11) is -4.05. The van der Waals surface area contributed by atoms with Gasteiger partial charge in [0.05, 0.1) is 16.8 Å². The molecule has 10 heteroatoms. The highest BCUT2D eigenvalue weighted by atomic mass is 35.5. The summed E-state index contributed by atoms with van der Waals surface area (Å²) < 4.78 is 39.0. The summed E-state index contributed by atoms with van der Waals surface area (Å²) in [5, 5.41) is 4.33. The van der Waals surface area contributed by atoms with Crippen LogP contribution in [0.2, 0.25) is 5.02 Å². The molecule has 3 aromatic carbocycles. The number of amides is 1. The van der Waals surface area contributed by atoms with Gasteiger partial charge in [-0.05, 0) is 48.9 Å². The first-order valence-electron chi connectivity index (χ1n) is 10.4. The van der Waals surface area contributed by atoms with Crippen molar-refractivity contribution in [2.24, 2.45) is 5.10 Å². The highest BCUT2D eigenvalue weighted by Crippen LogP contribution is 2.32. The second kappa shape index (κ2) is 10.1. The van der Waals surface area contributed by atoms with Crippen LogP contribution in [0.3, 0.4) is 0 Å². The number of carbonyl (C=O) groups is 1. The number of hydrogen-bond acceptors (Lipinski definition) is 6. The molecule has 1 N–H and O–H groups in total. The summed E-state index contributed by atoms with van der Waals surface area (Å²) in [6.45, 7) is 2.12. The maximum absolute atomic E-state index is 13.4. The van der Waals surface area contributed by atoms with Crippen LogP contribution in [0.5, 0.6) is 11.5 Å². The molecule has 8 nitrogen and oxygen atoms in total. The minimum absolute atomic E-state index is 0.0544. The quantitative estimate of drug-likeness (QED) is 0.394. The van der Waals surface area contributed by atoms with Gasteiger partial charge in [0.2, 0.25) is 0 Å². The highest BCUT2D eigenvalue weighted by Gasteiger charge is 2.28. The zero-order chi connectivity index (χ0) is 24.1. The van der Waals surface area contributed by atoms with Crippen molar-refractivity contribution in [3.05, 3.63) is 82.9 Å². The van der Waals surface area contributed by atoms with E-state index in [-0.39, 0.29) is 4.90 Å². The van der Waals surface area contributed by atoms with Gasteiger partial charge in [-0.15, -0.1) is 0 Å². The second-order valence-electron chi connectivity index (χ2n) is 7.42. The van der Waals surface area contributed by atoms with E-state index in [1.807, 2.05) is 0 Å². The van der Waals surface area contributed by atoms with Gasteiger partial charge in [-0.25, -0.2) is 13.8 Å². The van der Waals surface area contributed by atoms with Crippen LogP contribution >= 0.6 is 11.6 Å². The lowest BCUT2D eigenvalue weighted by molar-refractivity contribution is -0.119. The van der Waals surface area contributed by atoms with Crippen molar-refractivity contribution < 1.29 is 22.7 Å². The van der Waals surface area contributed by atoms with E-state index < -0.39 is 22.5 Å². The molecule has 1 heterocycles. The number of aryl methyl sites for hydroxylation is 1. The van der Waals surface area contributed by atoms with E-state index in [1.54, 1.807) is 55.5 Å². The van der Waals surface area contributed by atoms with Crippen molar-refractivity contribution in [1.29, 1.82) is 0 Å². The summed E-state index contributed by atoms with van der Waals surface area (Å²) in [6.07, 6.45) is 1.42. The Morgan fingerprint density at radius 2 is 1.85 bits per heavy atom. The number of rotatable bonds is 7. The zero-order valence-corrected chi connectivity index (χ0v) is 19.8. The smallest absolute Gasteiger partial charge is 0.264 e. The molecule has 0 saturated carbocycles. The summed E-state index contributed by atoms with van der Waals surface area (Å²) in [5.74, 6) is 0.504. The van der Waals surface area contributed by atoms with Crippen LogP contribution in [0.15, 0.2) is 76.7 Å². The third-order valence-electron chi connectivity index (χ3n) is 5.05. The summed E-state index contributed by atoms with van der Waals surface area (Å²) in [5.41, 5.74) is 3.96. The number of sulfonamides is 1. The van der Waals surface area contributed by atoms with Crippen molar-refractivity contribution in [2.75, 3.05) is 24.1 Å². The molecule has 1 aliphatic rings. The predicted molar refractivity (Wildman–Crippen MR) is 130 cm³/mol. The number of fused-ring (bicyclic) bond motifs is 1. The number of carbonyl (C=O) groups excluding carboxylic acids is 1. The van der Waals surface area contributed by atoms with E-state index in [0.717, 1.165) is 4.31 Å². The molecule has 1 amide bonds. The summed E-state index contributed by atoms with van der Waals surface area (Å²) in [6, 6.07) is 18.1. The molecule has 0 atom stereocenters. The van der Waals surface area contributed by atoms with Gasteiger partial charge >= 0.3 is 0 Å². The fraction of sp³-hybridized carbons (Fsp3) is 0.167. The van der Waals surface area contributed by atoms with E-state index in [4.69, 9.17) is 21.1 Å². The van der Waals surface area contributed by atoms with Gasteiger partial charge in [0, 0.05) is 10.6 Å². The van der Waals surface area contributed by atoms with Crippen LogP contribution in [0.1, 0.15) is 11.1 Å². The molecule has 176 valence electrons. The SMILES string of the molecule is Cc1ccc(Cl)cc1N(CC(=O)N/N=C\c1cccc2c1OCCO2)S(=O)(=O)c1ccccc1. The van der Waals surface area contributed by atoms with Crippen LogP contribution in [0, 0.1) is 6.92 Å². The minimum Gasteiger partial charge on any atom is -0.486 e. The number of hydrazone groups is 1. The highest BCUT2D eigenvalue weighted by molar-refractivity contribution is 7.92. The molecule has 1 aliphatic heterocycles. The summed E-state index contributed by atoms with van der Waals surface area (Å²) >= 11 is 6.14. The third-order valence-corrected chi connectivity index (χ3v) is 7.06. The monoisotopic (exact) mass is 499 g/mol. The number of nitrogens with zero attached hydrogens (tertiary/aromatic N) is 2. The van der Waals surface area contributed by atoms with Crippen molar-refractivity contribution in [3.8, 4) is 11.5 Å². The lowest BCUT2D eigenvalue weighted by Crippen LogP contribution is -2.40. The van der Waals surface area contributed by atoms with Crippen molar-refractivity contribution in [2.45, 2.75) is 11.8 Å². The molecule has 0 unspecified atom stereocenters. The van der Waals surface area contributed by atoms with Crippen LogP contribution < -0.4 is 19.2 Å². The van der Waals surface area contributed by atoms with E-state index in [0.29, 0.717) is 46.5 Å². The molecule has 0 saturated heterocycles. The number of anilines is 1. The molecule has 0 aromatic heterocycles. The number of benzene rings is 3. The van der Waals surface area contributed by atoms with Gasteiger partial charge in [-0.3, -0.25) is 9.10 Å². The molecular weight excluding hydrogens is 478 g/mol. The number of halogens is 1. The Labute approximate surface area is 202 Å². The molecule has 0 fully saturated rings. The lowest BCUT2D eigenvalue weighted by Gasteiger charge is -2.25. The Kier molecular flexibility index (Phi) is 7.04. The van der Waals surface area contributed by atoms with Gasteiger partial charge in [0.15, 0.2) is 11.5 Å². The van der Waals surface area contributed by atoms with Crippen LogP contribution in [0.4, 0.5) is 5.69 Å². The van der Waals surface area contributed by atoms with Crippen molar-refractivity contribution in [3.63, 3.8) is 0 Å². The van der Waals surface area contributed by atoms with E-state index in [1.165, 1.54) is 24.4 Å². The number of hydrogen-bond donors (Lipinski definition) is 1. The lowest BCUT2D eigenvalue weighted by atomic mass is 10.2. The second-order valence-corrected chi connectivity index (χ2v) is 9.72. The van der Waals surface area contributed by atoms with Gasteiger partial charge in [-0.2, -0.15) is 5.10 Å². The van der Waals surface area contributed by atoms with E-state index in [2.05, 4.69) is 10.5 Å². The number of ether oxygens (including phenoxy) is 2. The van der Waals surface area contributed by atoms with Crippen molar-refractivity contribution >= 4 is 39.4 Å². The van der Waals surface area contributed by atoms with Gasteiger partial charge < -0.3 is 9.47 Å². The average molecular weight is 500 g/mol. The first kappa shape index (κ1) is 23.6. The molecule has 0 aliphatic carbocycles. The first-order valence-corrected chi connectivity index (χ1v) is 12.2. The van der Waals surface area contributed by atoms with E-state index in [9.17, 15) is 13.2 Å². The number of para-hydroxylation sites is 1. The van der Waals surface area contributed by atoms with Gasteiger partial charge in [-0.1, -0.05) is 41.9 Å². The average Bonchev–Trinajstić information content (AvgIpc) is 2.85. The fourth-order valence-corrected chi connectivity index (χ4v) is 5.07. The van der Waals surface area contributed by atoms with Gasteiger partial charge in [0.1, 0.15) is 19.8 Å². The molecule has 34 heavy (non-hydrogen) atoms. The van der Waals surface area contributed by atoms with Crippen molar-refractivity contribution in [1.82, 2.24) is 5.43 Å². The predicted octanol–water partition coefficient (Wildman–Crippen LogP) is 3.77. The molecular formula is C24H22ClN3O5S. The normalized spacial score (nSPS) is 13.0. The standard InChI is InChI=1S/C24H22ClN3O5S/c1-17-10-11-19(25)14-21(17)28(34(30,31)20-7-3-2-4-8-20)16-23(29)27-26-15-18-6-5-9-22-24(18)33-13-12-32-22/h2-11,14-15H,12-13,16H2,1H3,(H,27,29)/b26-15-. The Balaban J connectivity index is 1.58. The topological polar surface area (TPSA) is 97.3 Å². The Hall–Kier alpha value is -3.56. The minimum atomic E-state index is -4.05. The first-order chi connectivity index (χ1) is 16.4. The maximum atomic E-state index is 13.4. The zero-order valence-electron chi connectivity index (χ0n) is 18.3. The molecule has 0 spiro atoms. The third kappa shape index (κ3) is 5.16. The Morgan fingerprint density at radius 1 is 1.09 bits per heavy atom. The Bertz CT molecular complexity index is 1330. The molecule has 0 bridgehead atoms. The van der Waals surface area contributed by atoms with Crippen LogP contribution in [0.25, 0.3) is 0 Å². The van der Waals surface area contributed by atoms with E-state index >= 15 is 0 Å². The molecule has 0 radical (unpaired) electrons.